The van der Waals surface area contributed by atoms with Gasteiger partial charge in [-0.3, -0.25) is 4.99 Å². The van der Waals surface area contributed by atoms with E-state index in [9.17, 15) is 5.26 Å². The van der Waals surface area contributed by atoms with Crippen LogP contribution in [0.1, 0.15) is 37.8 Å². The molecule has 0 amide bonds. The van der Waals surface area contributed by atoms with Crippen LogP contribution in [0.15, 0.2) is 41.7 Å². The van der Waals surface area contributed by atoms with Crippen molar-refractivity contribution in [3.63, 3.8) is 0 Å². The lowest BCUT2D eigenvalue weighted by Gasteiger charge is -2.36. The van der Waals surface area contributed by atoms with E-state index in [1.54, 1.807) is 26.4 Å². The molecular formula is C25H30N8O2. The first kappa shape index (κ1) is 24.0. The number of benzene rings is 1. The number of nitrogens with zero attached hydrogens (tertiary/aromatic N) is 4. The second-order valence-corrected chi connectivity index (χ2v) is 8.88. The molecule has 1 fully saturated rings. The minimum absolute atomic E-state index is 0.155. The summed E-state index contributed by atoms with van der Waals surface area (Å²) in [6, 6.07) is 8.04. The average Bonchev–Trinajstić information content (AvgIpc) is 3.25. The quantitative estimate of drug-likeness (QED) is 0.378. The first-order valence-corrected chi connectivity index (χ1v) is 11.4. The summed E-state index contributed by atoms with van der Waals surface area (Å²) in [6.45, 7) is 4.82. The molecular weight excluding hydrogens is 444 g/mol. The van der Waals surface area contributed by atoms with Crippen molar-refractivity contribution in [1.29, 1.82) is 5.26 Å². The molecule has 2 aromatic heterocycles. The molecule has 35 heavy (non-hydrogen) atoms. The number of nitrogens with one attached hydrogen (secondary N) is 3. The second-order valence-electron chi connectivity index (χ2n) is 8.88. The molecule has 0 spiro atoms. The zero-order valence-corrected chi connectivity index (χ0v) is 20.3. The van der Waals surface area contributed by atoms with E-state index in [-0.39, 0.29) is 11.6 Å². The summed E-state index contributed by atoms with van der Waals surface area (Å²) in [5.74, 6) is 1.57. The number of H-pyrrole nitrogens is 1. The summed E-state index contributed by atoms with van der Waals surface area (Å²) in [6.07, 6.45) is 6.49. The Bertz CT molecular complexity index is 1320. The molecule has 1 aliphatic heterocycles. The summed E-state index contributed by atoms with van der Waals surface area (Å²) >= 11 is 0. The van der Waals surface area contributed by atoms with Crippen molar-refractivity contribution in [1.82, 2.24) is 15.0 Å². The van der Waals surface area contributed by atoms with Crippen LogP contribution in [0.3, 0.4) is 0 Å². The Hall–Kier alpha value is -4.10. The summed E-state index contributed by atoms with van der Waals surface area (Å²) in [5, 5.41) is 17.1. The van der Waals surface area contributed by atoms with Gasteiger partial charge in [-0.05, 0) is 51.1 Å². The smallest absolute Gasteiger partial charge is 0.231 e. The van der Waals surface area contributed by atoms with Crippen molar-refractivity contribution >= 4 is 34.2 Å². The van der Waals surface area contributed by atoms with E-state index >= 15 is 0 Å². The third-order valence-electron chi connectivity index (χ3n) is 5.93. The Balaban J connectivity index is 1.69. The van der Waals surface area contributed by atoms with Crippen LogP contribution >= 0.6 is 0 Å². The molecule has 1 saturated heterocycles. The molecule has 0 saturated carbocycles. The molecule has 3 aromatic rings. The van der Waals surface area contributed by atoms with E-state index in [4.69, 9.17) is 20.2 Å². The summed E-state index contributed by atoms with van der Waals surface area (Å²) in [7, 11) is 3.30. The fraction of sp³-hybridized carbons (Fsp3) is 0.360. The zero-order valence-electron chi connectivity index (χ0n) is 20.3. The number of methoxy groups -OCH3 is 1. The number of aromatic amines is 1. The lowest BCUT2D eigenvalue weighted by Crippen LogP contribution is -2.40. The molecule has 1 atom stereocenters. The molecule has 4 rings (SSSR count). The number of anilines is 3. The highest BCUT2D eigenvalue weighted by Crippen LogP contribution is 2.33. The molecule has 0 radical (unpaired) electrons. The fourth-order valence-electron chi connectivity index (χ4n) is 4.30. The third-order valence-corrected chi connectivity index (χ3v) is 5.93. The number of hydrogen-bond donors (Lipinski definition) is 4. The maximum atomic E-state index is 9.61. The largest absolute Gasteiger partial charge is 0.495 e. The second kappa shape index (κ2) is 10.0. The molecule has 3 heterocycles. The predicted molar refractivity (Wildman–Crippen MR) is 137 cm³/mol. The van der Waals surface area contributed by atoms with Gasteiger partial charge in [0.15, 0.2) is 0 Å². The Morgan fingerprint density at radius 3 is 2.91 bits per heavy atom. The van der Waals surface area contributed by atoms with Crippen molar-refractivity contribution < 1.29 is 9.47 Å². The summed E-state index contributed by atoms with van der Waals surface area (Å²) in [4.78, 5) is 16.7. The van der Waals surface area contributed by atoms with Crippen molar-refractivity contribution in [2.75, 3.05) is 31.4 Å². The van der Waals surface area contributed by atoms with Gasteiger partial charge in [0.05, 0.1) is 35.1 Å². The van der Waals surface area contributed by atoms with Gasteiger partial charge in [-0.25, -0.2) is 0 Å². The summed E-state index contributed by atoms with van der Waals surface area (Å²) in [5.41, 5.74) is 8.65. The van der Waals surface area contributed by atoms with Crippen LogP contribution in [0.2, 0.25) is 0 Å². The molecule has 1 aromatic carbocycles. The topological polar surface area (TPSA) is 146 Å². The van der Waals surface area contributed by atoms with Gasteiger partial charge in [0.2, 0.25) is 5.95 Å². The number of rotatable bonds is 7. The Labute approximate surface area is 204 Å². The molecule has 1 aliphatic rings. The first-order chi connectivity index (χ1) is 16.9. The Morgan fingerprint density at radius 1 is 1.40 bits per heavy atom. The van der Waals surface area contributed by atoms with Gasteiger partial charge in [0.1, 0.15) is 23.3 Å². The minimum atomic E-state index is -0.228. The number of aromatic nitrogens is 3. The third kappa shape index (κ3) is 5.20. The number of fused-ring (bicyclic) bond motifs is 1. The van der Waals surface area contributed by atoms with Crippen LogP contribution < -0.4 is 21.1 Å². The highest BCUT2D eigenvalue weighted by molar-refractivity contribution is 6.09. The van der Waals surface area contributed by atoms with E-state index in [0.29, 0.717) is 46.4 Å². The normalized spacial score (nSPS) is 17.9. The Kier molecular flexibility index (Phi) is 6.89. The number of nitriles is 1. The van der Waals surface area contributed by atoms with Gasteiger partial charge in [-0.1, -0.05) is 6.07 Å². The van der Waals surface area contributed by atoms with Crippen molar-refractivity contribution in [2.45, 2.75) is 38.3 Å². The predicted octanol–water partition coefficient (Wildman–Crippen LogP) is 3.84. The van der Waals surface area contributed by atoms with E-state index < -0.39 is 0 Å². The van der Waals surface area contributed by atoms with Crippen molar-refractivity contribution in [2.24, 2.45) is 10.7 Å². The highest BCUT2D eigenvalue weighted by Gasteiger charge is 2.30. The van der Waals surface area contributed by atoms with E-state index in [1.807, 2.05) is 18.2 Å². The minimum Gasteiger partial charge on any atom is -0.495 e. The zero-order chi connectivity index (χ0) is 25.0. The molecule has 182 valence electrons. The van der Waals surface area contributed by atoms with Gasteiger partial charge in [0, 0.05) is 31.5 Å². The van der Waals surface area contributed by atoms with Crippen molar-refractivity contribution in [3.05, 3.63) is 47.8 Å². The molecule has 0 bridgehead atoms. The standard InChI is InChI=1S/C25H30N8O2/c1-25(2)12-17(8-10-35-25)30-23-21-16(13-27)14-29-22(21)32-24(33-23)31-19-6-5-15(11-20(19)34-4)18(28-3)7-9-26/h5-7,9,11,14,17H,8,10,12,26H2,1-4H3,(H3,29,30,31,32,33). The SMILES string of the molecule is CN=C(C=CN)c1ccc(Nc2nc(NC3CCOC(C)(C)C3)c3c(C#N)c[nH]c3n2)c(OC)c1. The molecule has 5 N–H and O–H groups in total. The van der Waals surface area contributed by atoms with Crippen LogP contribution in [-0.4, -0.2) is 53.1 Å². The fourth-order valence-corrected chi connectivity index (χ4v) is 4.30. The van der Waals surface area contributed by atoms with Crippen LogP contribution in [0.25, 0.3) is 11.0 Å². The van der Waals surface area contributed by atoms with Crippen molar-refractivity contribution in [3.8, 4) is 11.8 Å². The maximum Gasteiger partial charge on any atom is 0.231 e. The van der Waals surface area contributed by atoms with Gasteiger partial charge >= 0.3 is 0 Å². The molecule has 10 heteroatoms. The molecule has 0 aliphatic carbocycles. The van der Waals surface area contributed by atoms with Gasteiger partial charge in [0.25, 0.3) is 0 Å². The molecule has 1 unspecified atom stereocenters. The van der Waals surface area contributed by atoms with Crippen LogP contribution in [0, 0.1) is 11.3 Å². The average molecular weight is 475 g/mol. The monoisotopic (exact) mass is 474 g/mol. The van der Waals surface area contributed by atoms with Gasteiger partial charge in [-0.15, -0.1) is 0 Å². The van der Waals surface area contributed by atoms with Crippen LogP contribution in [0.4, 0.5) is 17.5 Å². The van der Waals surface area contributed by atoms with Gasteiger partial charge < -0.3 is 30.8 Å². The first-order valence-electron chi connectivity index (χ1n) is 11.4. The van der Waals surface area contributed by atoms with Gasteiger partial charge in [-0.2, -0.15) is 15.2 Å². The van der Waals surface area contributed by atoms with E-state index in [2.05, 4.69) is 45.5 Å². The van der Waals surface area contributed by atoms with E-state index in [1.165, 1.54) is 6.20 Å². The number of aliphatic imine (C=N–C) groups is 1. The summed E-state index contributed by atoms with van der Waals surface area (Å²) < 4.78 is 11.5. The number of ether oxygens (including phenoxy) is 2. The number of allylic oxidation sites excluding steroid dienone is 1. The number of hydrogen-bond acceptors (Lipinski definition) is 9. The molecule has 10 nitrogen and oxygen atoms in total. The Morgan fingerprint density at radius 2 is 2.23 bits per heavy atom. The van der Waals surface area contributed by atoms with E-state index in [0.717, 1.165) is 24.1 Å². The van der Waals surface area contributed by atoms with Crippen LogP contribution in [0.5, 0.6) is 5.75 Å². The van der Waals surface area contributed by atoms with Crippen LogP contribution in [-0.2, 0) is 4.74 Å². The lowest BCUT2D eigenvalue weighted by molar-refractivity contribution is -0.0553. The maximum absolute atomic E-state index is 9.61. The lowest BCUT2D eigenvalue weighted by atomic mass is 9.94. The number of nitrogens with two attached hydrogens (primary N) is 1. The highest BCUT2D eigenvalue weighted by atomic mass is 16.5.